The summed E-state index contributed by atoms with van der Waals surface area (Å²) in [6, 6.07) is 3.64. The zero-order valence-electron chi connectivity index (χ0n) is 9.50. The van der Waals surface area contributed by atoms with Crippen LogP contribution in [0.1, 0.15) is 6.92 Å². The van der Waals surface area contributed by atoms with E-state index in [0.717, 1.165) is 6.07 Å². The van der Waals surface area contributed by atoms with E-state index in [4.69, 9.17) is 4.74 Å². The van der Waals surface area contributed by atoms with Crippen LogP contribution in [0.2, 0.25) is 0 Å². The van der Waals surface area contributed by atoms with Crippen LogP contribution in [0.3, 0.4) is 0 Å². The predicted molar refractivity (Wildman–Crippen MR) is 57.6 cm³/mol. The van der Waals surface area contributed by atoms with Crippen molar-refractivity contribution in [2.45, 2.75) is 6.92 Å². The number of hydrogen-bond acceptors (Lipinski definition) is 3. The summed E-state index contributed by atoms with van der Waals surface area (Å²) in [7, 11) is 1.26. The second-order valence-electron chi connectivity index (χ2n) is 3.24. The molecule has 0 aliphatic rings. The third-order valence-corrected chi connectivity index (χ3v) is 2.05. The number of carbonyl (C=O) groups is 1. The molecule has 1 aromatic carbocycles. The first-order chi connectivity index (χ1) is 8.06. The van der Waals surface area contributed by atoms with E-state index in [-0.39, 0.29) is 12.4 Å². The zero-order valence-corrected chi connectivity index (χ0v) is 9.50. The number of esters is 1. The van der Waals surface area contributed by atoms with Gasteiger partial charge in [-0.2, -0.15) is 4.39 Å². The molecule has 1 aromatic rings. The van der Waals surface area contributed by atoms with E-state index >= 15 is 0 Å². The van der Waals surface area contributed by atoms with Crippen molar-refractivity contribution in [2.24, 2.45) is 0 Å². The van der Waals surface area contributed by atoms with E-state index in [1.54, 1.807) is 0 Å². The Morgan fingerprint density at radius 1 is 1.41 bits per heavy atom. The SMILES string of the molecule is COC(=O)C(C)=CCOc1cccc(F)c1F. The Kier molecular flexibility index (Phi) is 4.63. The molecule has 3 nitrogen and oxygen atoms in total. The lowest BCUT2D eigenvalue weighted by atomic mass is 10.3. The van der Waals surface area contributed by atoms with Gasteiger partial charge >= 0.3 is 5.97 Å². The van der Waals surface area contributed by atoms with E-state index in [1.807, 2.05) is 0 Å². The van der Waals surface area contributed by atoms with Crippen molar-refractivity contribution in [1.29, 1.82) is 0 Å². The Morgan fingerprint density at radius 2 is 2.12 bits per heavy atom. The van der Waals surface area contributed by atoms with Crippen LogP contribution in [-0.2, 0) is 9.53 Å². The fourth-order valence-electron chi connectivity index (χ4n) is 1.10. The monoisotopic (exact) mass is 242 g/mol. The number of carbonyl (C=O) groups excluding carboxylic acids is 1. The van der Waals surface area contributed by atoms with Gasteiger partial charge in [-0.05, 0) is 25.1 Å². The molecule has 0 spiro atoms. The molecular weight excluding hydrogens is 230 g/mol. The molecule has 0 aliphatic carbocycles. The average molecular weight is 242 g/mol. The quantitative estimate of drug-likeness (QED) is 0.601. The van der Waals surface area contributed by atoms with Crippen LogP contribution in [0.25, 0.3) is 0 Å². The molecule has 0 amide bonds. The van der Waals surface area contributed by atoms with Gasteiger partial charge in [-0.15, -0.1) is 0 Å². The van der Waals surface area contributed by atoms with Crippen molar-refractivity contribution in [3.63, 3.8) is 0 Å². The van der Waals surface area contributed by atoms with Crippen LogP contribution in [0.5, 0.6) is 5.75 Å². The van der Waals surface area contributed by atoms with Crippen LogP contribution in [-0.4, -0.2) is 19.7 Å². The standard InChI is InChI=1S/C12H12F2O3/c1-8(12(15)16-2)6-7-17-10-5-3-4-9(13)11(10)14/h3-6H,7H2,1-2H3. The Morgan fingerprint density at radius 3 is 2.76 bits per heavy atom. The van der Waals surface area contributed by atoms with Crippen molar-refractivity contribution in [3.05, 3.63) is 41.5 Å². The molecule has 0 saturated carbocycles. The first kappa shape index (κ1) is 13.2. The average Bonchev–Trinajstić information content (AvgIpc) is 2.33. The van der Waals surface area contributed by atoms with E-state index in [0.29, 0.717) is 5.57 Å². The highest BCUT2D eigenvalue weighted by Crippen LogP contribution is 2.18. The van der Waals surface area contributed by atoms with Gasteiger partial charge < -0.3 is 9.47 Å². The summed E-state index contributed by atoms with van der Waals surface area (Å²) >= 11 is 0. The highest BCUT2D eigenvalue weighted by molar-refractivity contribution is 5.87. The minimum absolute atomic E-state index is 0.0404. The molecule has 0 atom stereocenters. The van der Waals surface area contributed by atoms with Gasteiger partial charge in [0, 0.05) is 5.57 Å². The van der Waals surface area contributed by atoms with Crippen molar-refractivity contribution in [1.82, 2.24) is 0 Å². The number of hydrogen-bond donors (Lipinski definition) is 0. The van der Waals surface area contributed by atoms with E-state index in [2.05, 4.69) is 4.74 Å². The molecule has 0 N–H and O–H groups in total. The minimum Gasteiger partial charge on any atom is -0.486 e. The smallest absolute Gasteiger partial charge is 0.333 e. The van der Waals surface area contributed by atoms with Crippen molar-refractivity contribution in [2.75, 3.05) is 13.7 Å². The predicted octanol–water partition coefficient (Wildman–Crippen LogP) is 2.46. The number of benzene rings is 1. The molecule has 0 saturated heterocycles. The van der Waals surface area contributed by atoms with E-state index in [9.17, 15) is 13.6 Å². The Hall–Kier alpha value is -1.91. The normalized spacial score (nSPS) is 11.2. The van der Waals surface area contributed by atoms with E-state index < -0.39 is 17.6 Å². The summed E-state index contributed by atoms with van der Waals surface area (Å²) in [6.07, 6.45) is 1.43. The van der Waals surface area contributed by atoms with Crippen LogP contribution >= 0.6 is 0 Å². The molecule has 92 valence electrons. The summed E-state index contributed by atoms with van der Waals surface area (Å²) in [6.45, 7) is 1.50. The lowest BCUT2D eigenvalue weighted by Gasteiger charge is -2.05. The maximum absolute atomic E-state index is 13.1. The van der Waals surface area contributed by atoms with Crippen LogP contribution in [0.4, 0.5) is 8.78 Å². The van der Waals surface area contributed by atoms with Crippen LogP contribution < -0.4 is 4.74 Å². The highest BCUT2D eigenvalue weighted by atomic mass is 19.2. The second-order valence-corrected chi connectivity index (χ2v) is 3.24. The minimum atomic E-state index is -1.04. The molecule has 0 unspecified atom stereocenters. The Bertz CT molecular complexity index is 441. The Balaban J connectivity index is 2.63. The lowest BCUT2D eigenvalue weighted by molar-refractivity contribution is -0.136. The van der Waals surface area contributed by atoms with Crippen LogP contribution in [0, 0.1) is 11.6 Å². The number of halogens is 2. The largest absolute Gasteiger partial charge is 0.486 e. The van der Waals surface area contributed by atoms with E-state index in [1.165, 1.54) is 32.2 Å². The van der Waals surface area contributed by atoms with Gasteiger partial charge in [0.2, 0.25) is 5.82 Å². The number of rotatable bonds is 4. The molecule has 1 rings (SSSR count). The molecular formula is C12H12F2O3. The summed E-state index contributed by atoms with van der Waals surface area (Å²) in [5.41, 5.74) is 0.337. The molecule has 17 heavy (non-hydrogen) atoms. The fourth-order valence-corrected chi connectivity index (χ4v) is 1.10. The number of ether oxygens (including phenoxy) is 2. The summed E-state index contributed by atoms with van der Waals surface area (Å²) in [4.78, 5) is 11.0. The van der Waals surface area contributed by atoms with Gasteiger partial charge in [0.05, 0.1) is 7.11 Å². The molecule has 5 heteroatoms. The van der Waals surface area contributed by atoms with Crippen molar-refractivity contribution < 1.29 is 23.0 Å². The zero-order chi connectivity index (χ0) is 12.8. The second kappa shape index (κ2) is 5.98. The molecule has 0 aliphatic heterocycles. The topological polar surface area (TPSA) is 35.5 Å². The first-order valence-corrected chi connectivity index (χ1v) is 4.88. The van der Waals surface area contributed by atoms with Gasteiger partial charge in [-0.3, -0.25) is 0 Å². The summed E-state index contributed by atoms with van der Waals surface area (Å²) in [5, 5.41) is 0. The molecule has 0 aromatic heterocycles. The van der Waals surface area contributed by atoms with Crippen LogP contribution in [0.15, 0.2) is 29.8 Å². The third-order valence-electron chi connectivity index (χ3n) is 2.05. The number of methoxy groups -OCH3 is 1. The molecule has 0 fully saturated rings. The van der Waals surface area contributed by atoms with Gasteiger partial charge in [0.25, 0.3) is 0 Å². The maximum atomic E-state index is 13.1. The van der Waals surface area contributed by atoms with Gasteiger partial charge in [0.1, 0.15) is 6.61 Å². The van der Waals surface area contributed by atoms with Gasteiger partial charge in [-0.1, -0.05) is 6.07 Å². The highest BCUT2D eigenvalue weighted by Gasteiger charge is 2.08. The molecule has 0 radical (unpaired) electrons. The summed E-state index contributed by atoms with van der Waals surface area (Å²) < 4.78 is 35.4. The fraction of sp³-hybridized carbons (Fsp3) is 0.250. The molecule has 0 bridgehead atoms. The maximum Gasteiger partial charge on any atom is 0.333 e. The first-order valence-electron chi connectivity index (χ1n) is 4.88. The summed E-state index contributed by atoms with van der Waals surface area (Å²) in [5.74, 6) is -2.71. The van der Waals surface area contributed by atoms with Crippen molar-refractivity contribution in [3.8, 4) is 5.75 Å². The lowest BCUT2D eigenvalue weighted by Crippen LogP contribution is -2.04. The van der Waals surface area contributed by atoms with Gasteiger partial charge in [0.15, 0.2) is 11.6 Å². The van der Waals surface area contributed by atoms with Crippen molar-refractivity contribution >= 4 is 5.97 Å². The van der Waals surface area contributed by atoms with Gasteiger partial charge in [-0.25, -0.2) is 9.18 Å². The third kappa shape index (κ3) is 3.55. The molecule has 0 heterocycles. The Labute approximate surface area is 97.7 Å².